The van der Waals surface area contributed by atoms with Crippen LogP contribution >= 0.6 is 11.3 Å². The summed E-state index contributed by atoms with van der Waals surface area (Å²) in [5.41, 5.74) is 1.34. The topological polar surface area (TPSA) is 23.5 Å². The number of rotatable bonds is 3. The maximum atomic E-state index is 8.99. The van der Waals surface area contributed by atoms with Gasteiger partial charge in [-0.1, -0.05) is 18.2 Å². The summed E-state index contributed by atoms with van der Waals surface area (Å²) >= 11 is 1.81. The van der Waals surface area contributed by atoms with E-state index in [1.807, 2.05) is 23.3 Å². The lowest BCUT2D eigenvalue weighted by atomic mass is 10.1. The van der Waals surface area contributed by atoms with Crippen LogP contribution in [0, 0.1) is 6.92 Å². The van der Waals surface area contributed by atoms with Gasteiger partial charge in [0, 0.05) is 16.1 Å². The zero-order valence-electron chi connectivity index (χ0n) is 9.03. The van der Waals surface area contributed by atoms with E-state index >= 15 is 0 Å². The number of aryl methyl sites for hydroxylation is 1. The van der Waals surface area contributed by atoms with E-state index in [4.69, 9.17) is 5.11 Å². The van der Waals surface area contributed by atoms with Crippen molar-refractivity contribution in [1.82, 2.24) is 4.90 Å². The minimum atomic E-state index is 0.105. The van der Waals surface area contributed by atoms with Gasteiger partial charge in [-0.05, 0) is 31.0 Å². The van der Waals surface area contributed by atoms with E-state index in [1.54, 1.807) is 0 Å². The van der Waals surface area contributed by atoms with Gasteiger partial charge in [0.25, 0.3) is 0 Å². The standard InChI is InChI=1S/C12H15NOS/c1-9-10-5-3-4-6-11(10)15-12(9)7-13(2)8-14/h3-6,14H,7-8H2,1-2H3. The molecule has 0 fully saturated rings. The predicted molar refractivity (Wildman–Crippen MR) is 65.1 cm³/mol. The molecule has 0 aliphatic carbocycles. The molecule has 3 heteroatoms. The van der Waals surface area contributed by atoms with Crippen molar-refractivity contribution in [1.29, 1.82) is 0 Å². The van der Waals surface area contributed by atoms with Gasteiger partial charge < -0.3 is 5.11 Å². The summed E-state index contributed by atoms with van der Waals surface area (Å²) in [6.45, 7) is 3.08. The first-order valence-electron chi connectivity index (χ1n) is 4.99. The molecule has 1 N–H and O–H groups in total. The van der Waals surface area contributed by atoms with E-state index in [9.17, 15) is 0 Å². The third-order valence-electron chi connectivity index (χ3n) is 2.60. The highest BCUT2D eigenvalue weighted by Gasteiger charge is 2.08. The van der Waals surface area contributed by atoms with Gasteiger partial charge in [-0.3, -0.25) is 4.90 Å². The minimum absolute atomic E-state index is 0.105. The molecule has 0 aliphatic rings. The molecule has 0 atom stereocenters. The van der Waals surface area contributed by atoms with E-state index in [0.717, 1.165) is 6.54 Å². The van der Waals surface area contributed by atoms with E-state index in [2.05, 4.69) is 31.2 Å². The number of nitrogens with zero attached hydrogens (tertiary/aromatic N) is 1. The highest BCUT2D eigenvalue weighted by molar-refractivity contribution is 7.19. The van der Waals surface area contributed by atoms with Crippen LogP contribution in [-0.4, -0.2) is 23.8 Å². The van der Waals surface area contributed by atoms with E-state index in [-0.39, 0.29) is 6.73 Å². The van der Waals surface area contributed by atoms with Crippen LogP contribution in [0.2, 0.25) is 0 Å². The third-order valence-corrected chi connectivity index (χ3v) is 3.86. The predicted octanol–water partition coefficient (Wildman–Crippen LogP) is 2.59. The van der Waals surface area contributed by atoms with Crippen molar-refractivity contribution >= 4 is 21.4 Å². The molecule has 0 saturated heterocycles. The second-order valence-electron chi connectivity index (χ2n) is 3.80. The number of fused-ring (bicyclic) bond motifs is 1. The van der Waals surface area contributed by atoms with E-state index in [0.29, 0.717) is 0 Å². The van der Waals surface area contributed by atoms with Gasteiger partial charge in [0.1, 0.15) is 0 Å². The van der Waals surface area contributed by atoms with Crippen molar-refractivity contribution in [2.75, 3.05) is 13.8 Å². The molecule has 0 spiro atoms. The van der Waals surface area contributed by atoms with Gasteiger partial charge in [-0.2, -0.15) is 0 Å². The SMILES string of the molecule is Cc1c(CN(C)CO)sc2ccccc12. The van der Waals surface area contributed by atoms with E-state index < -0.39 is 0 Å². The molecule has 1 aromatic carbocycles. The summed E-state index contributed by atoms with van der Waals surface area (Å²) in [6.07, 6.45) is 0. The highest BCUT2D eigenvalue weighted by atomic mass is 32.1. The Morgan fingerprint density at radius 1 is 1.33 bits per heavy atom. The molecule has 0 unspecified atom stereocenters. The van der Waals surface area contributed by atoms with Crippen LogP contribution in [-0.2, 0) is 6.54 Å². The second-order valence-corrected chi connectivity index (χ2v) is 4.94. The van der Waals surface area contributed by atoms with Crippen LogP contribution in [0.3, 0.4) is 0 Å². The summed E-state index contributed by atoms with van der Waals surface area (Å²) in [7, 11) is 1.92. The lowest BCUT2D eigenvalue weighted by molar-refractivity contribution is 0.128. The molecule has 0 saturated carbocycles. The fraction of sp³-hybridized carbons (Fsp3) is 0.333. The lowest BCUT2D eigenvalue weighted by Crippen LogP contribution is -2.18. The highest BCUT2D eigenvalue weighted by Crippen LogP contribution is 2.30. The van der Waals surface area contributed by atoms with Crippen molar-refractivity contribution in [2.24, 2.45) is 0 Å². The van der Waals surface area contributed by atoms with Gasteiger partial charge in [0.2, 0.25) is 0 Å². The molecule has 0 aliphatic heterocycles. The van der Waals surface area contributed by atoms with E-state index in [1.165, 1.54) is 20.5 Å². The van der Waals surface area contributed by atoms with Crippen molar-refractivity contribution in [3.05, 3.63) is 34.7 Å². The molecular weight excluding hydrogens is 206 g/mol. The molecular formula is C12H15NOS. The maximum Gasteiger partial charge on any atom is 0.0957 e. The Morgan fingerprint density at radius 3 is 2.73 bits per heavy atom. The number of thiophene rings is 1. The molecule has 2 aromatic rings. The van der Waals surface area contributed by atoms with Gasteiger partial charge >= 0.3 is 0 Å². The Kier molecular flexibility index (Phi) is 3.05. The monoisotopic (exact) mass is 221 g/mol. The molecule has 15 heavy (non-hydrogen) atoms. The van der Waals surface area contributed by atoms with Crippen molar-refractivity contribution in [3.8, 4) is 0 Å². The Labute approximate surface area is 93.8 Å². The van der Waals surface area contributed by atoms with Crippen LogP contribution in [0.15, 0.2) is 24.3 Å². The first-order valence-corrected chi connectivity index (χ1v) is 5.80. The fourth-order valence-corrected chi connectivity index (χ4v) is 2.96. The van der Waals surface area contributed by atoms with Crippen LogP contribution in [0.25, 0.3) is 10.1 Å². The summed E-state index contributed by atoms with van der Waals surface area (Å²) in [5.74, 6) is 0. The Morgan fingerprint density at radius 2 is 2.07 bits per heavy atom. The zero-order chi connectivity index (χ0) is 10.8. The zero-order valence-corrected chi connectivity index (χ0v) is 9.84. The quantitative estimate of drug-likeness (QED) is 0.805. The number of hydrogen-bond donors (Lipinski definition) is 1. The Bertz CT molecular complexity index is 464. The molecule has 80 valence electrons. The second kappa shape index (κ2) is 4.31. The fourth-order valence-electron chi connectivity index (χ4n) is 1.67. The molecule has 1 aromatic heterocycles. The average Bonchev–Trinajstić information content (AvgIpc) is 2.57. The summed E-state index contributed by atoms with van der Waals surface area (Å²) < 4.78 is 1.33. The molecule has 0 radical (unpaired) electrons. The number of benzene rings is 1. The molecule has 0 bridgehead atoms. The van der Waals surface area contributed by atoms with Crippen molar-refractivity contribution in [3.63, 3.8) is 0 Å². The van der Waals surface area contributed by atoms with Crippen LogP contribution in [0.5, 0.6) is 0 Å². The minimum Gasteiger partial charge on any atom is -0.381 e. The van der Waals surface area contributed by atoms with Crippen LogP contribution < -0.4 is 0 Å². The maximum absolute atomic E-state index is 8.99. The Hall–Kier alpha value is -0.900. The lowest BCUT2D eigenvalue weighted by Gasteiger charge is -2.11. The van der Waals surface area contributed by atoms with Gasteiger partial charge in [-0.15, -0.1) is 11.3 Å². The summed E-state index contributed by atoms with van der Waals surface area (Å²) in [4.78, 5) is 3.24. The molecule has 2 nitrogen and oxygen atoms in total. The van der Waals surface area contributed by atoms with Crippen LogP contribution in [0.4, 0.5) is 0 Å². The van der Waals surface area contributed by atoms with Crippen molar-refractivity contribution in [2.45, 2.75) is 13.5 Å². The van der Waals surface area contributed by atoms with Gasteiger partial charge in [-0.25, -0.2) is 0 Å². The normalized spacial score (nSPS) is 11.5. The van der Waals surface area contributed by atoms with Crippen LogP contribution in [0.1, 0.15) is 10.4 Å². The smallest absolute Gasteiger partial charge is 0.0957 e. The van der Waals surface area contributed by atoms with Crippen molar-refractivity contribution < 1.29 is 5.11 Å². The first kappa shape index (κ1) is 10.6. The summed E-state index contributed by atoms with van der Waals surface area (Å²) in [5, 5.41) is 10.3. The number of aliphatic hydroxyl groups excluding tert-OH is 1. The molecule has 1 heterocycles. The number of hydrogen-bond acceptors (Lipinski definition) is 3. The largest absolute Gasteiger partial charge is 0.381 e. The Balaban J connectivity index is 2.40. The molecule has 2 rings (SSSR count). The first-order chi connectivity index (χ1) is 7.22. The third kappa shape index (κ3) is 2.04. The molecule has 0 amide bonds. The van der Waals surface area contributed by atoms with Gasteiger partial charge in [0.05, 0.1) is 6.73 Å². The number of aliphatic hydroxyl groups is 1. The summed E-state index contributed by atoms with van der Waals surface area (Å²) in [6, 6.07) is 8.44. The average molecular weight is 221 g/mol. The van der Waals surface area contributed by atoms with Gasteiger partial charge in [0.15, 0.2) is 0 Å².